The molecular formula is C17H18ClN5O3S. The first-order valence-electron chi connectivity index (χ1n) is 8.91. The van der Waals surface area contributed by atoms with E-state index in [2.05, 4.69) is 15.4 Å². The van der Waals surface area contributed by atoms with Crippen LogP contribution in [-0.4, -0.2) is 64.1 Å². The van der Waals surface area contributed by atoms with Crippen molar-refractivity contribution < 1.29 is 13.2 Å². The predicted octanol–water partition coefficient (Wildman–Crippen LogP) is 1.38. The quantitative estimate of drug-likeness (QED) is 0.828. The number of rotatable bonds is 3. The maximum atomic E-state index is 13.2. The Bertz CT molecular complexity index is 976. The van der Waals surface area contributed by atoms with Gasteiger partial charge in [-0.3, -0.25) is 4.79 Å². The highest BCUT2D eigenvalue weighted by atomic mass is 35.5. The molecule has 0 aliphatic carbocycles. The molecule has 10 heteroatoms. The van der Waals surface area contributed by atoms with Gasteiger partial charge >= 0.3 is 0 Å². The molecule has 3 saturated heterocycles. The molecule has 0 saturated carbocycles. The number of sulfonamides is 1. The molecule has 1 aromatic heterocycles. The highest BCUT2D eigenvalue weighted by Gasteiger charge is 2.60. The van der Waals surface area contributed by atoms with Crippen LogP contribution >= 0.6 is 11.6 Å². The van der Waals surface area contributed by atoms with Crippen molar-refractivity contribution in [2.45, 2.75) is 29.8 Å². The molecule has 27 heavy (non-hydrogen) atoms. The Hall–Kier alpha value is -1.97. The summed E-state index contributed by atoms with van der Waals surface area (Å²) in [5.41, 5.74) is 0.297. The van der Waals surface area contributed by atoms with Crippen LogP contribution in [0.2, 0.25) is 5.02 Å². The minimum Gasteiger partial charge on any atom is -0.336 e. The second kappa shape index (κ2) is 6.02. The fraction of sp³-hybridized carbons (Fsp3) is 0.471. The van der Waals surface area contributed by atoms with E-state index in [1.54, 1.807) is 27.4 Å². The third-order valence-corrected chi connectivity index (χ3v) is 8.29. The van der Waals surface area contributed by atoms with Crippen LogP contribution in [0.5, 0.6) is 0 Å². The Morgan fingerprint density at radius 2 is 1.89 bits per heavy atom. The number of carbonyl (C=O) groups is 1. The zero-order chi connectivity index (χ0) is 18.8. The lowest BCUT2D eigenvalue weighted by atomic mass is 9.82. The van der Waals surface area contributed by atoms with E-state index in [9.17, 15) is 13.2 Å². The van der Waals surface area contributed by atoms with Gasteiger partial charge in [-0.05, 0) is 42.9 Å². The molecule has 3 fully saturated rings. The predicted molar refractivity (Wildman–Crippen MR) is 96.6 cm³/mol. The number of nitrogens with zero attached hydrogens (tertiary/aromatic N) is 4. The van der Waals surface area contributed by atoms with Crippen molar-refractivity contribution >= 4 is 27.5 Å². The van der Waals surface area contributed by atoms with Crippen molar-refractivity contribution in [1.82, 2.24) is 24.6 Å². The molecule has 0 spiro atoms. The van der Waals surface area contributed by atoms with Crippen molar-refractivity contribution in [2.24, 2.45) is 11.8 Å². The van der Waals surface area contributed by atoms with E-state index < -0.39 is 10.0 Å². The fourth-order valence-electron chi connectivity index (χ4n) is 5.05. The second-order valence-corrected chi connectivity index (χ2v) is 9.68. The first-order chi connectivity index (χ1) is 13.0. The lowest BCUT2D eigenvalue weighted by Gasteiger charge is -2.26. The van der Waals surface area contributed by atoms with Crippen LogP contribution in [0.1, 0.15) is 23.3 Å². The van der Waals surface area contributed by atoms with E-state index in [1.165, 1.54) is 12.3 Å². The van der Waals surface area contributed by atoms with Gasteiger partial charge in [-0.1, -0.05) is 17.7 Å². The molecule has 3 aliphatic heterocycles. The van der Waals surface area contributed by atoms with Gasteiger partial charge in [0.05, 0.1) is 11.1 Å². The van der Waals surface area contributed by atoms with Gasteiger partial charge in [-0.2, -0.15) is 19.7 Å². The largest absolute Gasteiger partial charge is 0.336 e. The summed E-state index contributed by atoms with van der Waals surface area (Å²) >= 11 is 6.00. The standard InChI is InChI=1S/C17H18ClN5O3S/c18-10-2-1-3-11(6-10)27(25,26)23-15-4-5-16(23)13-9-22(8-12(13)15)17(24)14-7-19-21-20-14/h1-3,6-7,12-13,15-16H,4-5,8-9H2,(H,19,20,21)/t12-,13+,15-,16+. The monoisotopic (exact) mass is 407 g/mol. The molecule has 5 rings (SSSR count). The molecule has 8 nitrogen and oxygen atoms in total. The van der Waals surface area contributed by atoms with Gasteiger partial charge in [0.2, 0.25) is 10.0 Å². The first kappa shape index (κ1) is 17.2. The number of aromatic nitrogens is 3. The van der Waals surface area contributed by atoms with Crippen LogP contribution in [0, 0.1) is 11.8 Å². The molecular weight excluding hydrogens is 390 g/mol. The maximum absolute atomic E-state index is 13.2. The van der Waals surface area contributed by atoms with Gasteiger partial charge in [-0.15, -0.1) is 0 Å². The normalized spacial score (nSPS) is 30.0. The number of carbonyl (C=O) groups excluding carboxylic acids is 1. The Kier molecular flexibility index (Phi) is 3.82. The number of aromatic amines is 1. The molecule has 2 bridgehead atoms. The highest BCUT2D eigenvalue weighted by Crippen LogP contribution is 2.51. The van der Waals surface area contributed by atoms with Crippen LogP contribution in [0.25, 0.3) is 0 Å². The molecule has 1 amide bonds. The van der Waals surface area contributed by atoms with E-state index in [-0.39, 0.29) is 34.7 Å². The first-order valence-corrected chi connectivity index (χ1v) is 10.7. The minimum atomic E-state index is -3.60. The number of fused-ring (bicyclic) bond motifs is 5. The van der Waals surface area contributed by atoms with Crippen molar-refractivity contribution in [1.29, 1.82) is 0 Å². The molecule has 0 unspecified atom stereocenters. The van der Waals surface area contributed by atoms with Gasteiger partial charge in [0.15, 0.2) is 5.69 Å². The average molecular weight is 408 g/mol. The van der Waals surface area contributed by atoms with E-state index in [0.29, 0.717) is 23.8 Å². The topological polar surface area (TPSA) is 99.3 Å². The summed E-state index contributed by atoms with van der Waals surface area (Å²) in [6.45, 7) is 1.11. The Morgan fingerprint density at radius 1 is 1.19 bits per heavy atom. The Balaban J connectivity index is 1.41. The minimum absolute atomic E-state index is 0.0703. The lowest BCUT2D eigenvalue weighted by molar-refractivity contribution is 0.0767. The molecule has 142 valence electrons. The third-order valence-electron chi connectivity index (χ3n) is 6.11. The van der Waals surface area contributed by atoms with Crippen LogP contribution in [0.15, 0.2) is 35.4 Å². The molecule has 3 aliphatic rings. The molecule has 1 N–H and O–H groups in total. The molecule has 2 aromatic rings. The number of H-pyrrole nitrogens is 1. The fourth-order valence-corrected chi connectivity index (χ4v) is 7.32. The van der Waals surface area contributed by atoms with Gasteiger partial charge in [-0.25, -0.2) is 8.42 Å². The third kappa shape index (κ3) is 2.52. The SMILES string of the molecule is O=C(c1cn[nH]n1)N1C[C@@H]2[C@H](C1)[C@@H]1CC[C@H]2N1S(=O)(=O)c1cccc(Cl)c1. The summed E-state index contributed by atoms with van der Waals surface area (Å²) in [6, 6.07) is 6.28. The van der Waals surface area contributed by atoms with E-state index in [0.717, 1.165) is 12.8 Å². The highest BCUT2D eigenvalue weighted by molar-refractivity contribution is 7.89. The number of amides is 1. The van der Waals surface area contributed by atoms with Crippen LogP contribution in [0.3, 0.4) is 0 Å². The Morgan fingerprint density at radius 3 is 2.48 bits per heavy atom. The summed E-state index contributed by atoms with van der Waals surface area (Å²) in [4.78, 5) is 14.6. The van der Waals surface area contributed by atoms with Crippen molar-refractivity contribution in [3.05, 3.63) is 41.2 Å². The molecule has 0 radical (unpaired) electrons. The van der Waals surface area contributed by atoms with Crippen molar-refractivity contribution in [3.8, 4) is 0 Å². The van der Waals surface area contributed by atoms with Crippen LogP contribution in [-0.2, 0) is 10.0 Å². The van der Waals surface area contributed by atoms with Crippen molar-refractivity contribution in [2.75, 3.05) is 13.1 Å². The summed E-state index contributed by atoms with van der Waals surface area (Å²) in [5.74, 6) is 0.170. The molecule has 1 aromatic carbocycles. The van der Waals surface area contributed by atoms with E-state index >= 15 is 0 Å². The molecule has 4 atom stereocenters. The van der Waals surface area contributed by atoms with Gasteiger partial charge < -0.3 is 4.90 Å². The lowest BCUT2D eigenvalue weighted by Crippen LogP contribution is -2.41. The summed E-state index contributed by atoms with van der Waals surface area (Å²) in [6.07, 6.45) is 3.08. The van der Waals surface area contributed by atoms with Gasteiger partial charge in [0, 0.05) is 30.2 Å². The second-order valence-electron chi connectivity index (χ2n) is 7.40. The zero-order valence-corrected chi connectivity index (χ0v) is 15.9. The van der Waals surface area contributed by atoms with Crippen LogP contribution < -0.4 is 0 Å². The van der Waals surface area contributed by atoms with Crippen LogP contribution in [0.4, 0.5) is 0 Å². The number of benzene rings is 1. The number of hydrogen-bond acceptors (Lipinski definition) is 5. The van der Waals surface area contributed by atoms with E-state index in [1.807, 2.05) is 0 Å². The molecule has 4 heterocycles. The van der Waals surface area contributed by atoms with Gasteiger partial charge in [0.25, 0.3) is 5.91 Å². The van der Waals surface area contributed by atoms with Gasteiger partial charge in [0.1, 0.15) is 0 Å². The zero-order valence-electron chi connectivity index (χ0n) is 14.3. The average Bonchev–Trinajstić information content (AvgIpc) is 3.42. The number of halogens is 1. The number of hydrogen-bond donors (Lipinski definition) is 1. The summed E-state index contributed by atoms with van der Waals surface area (Å²) < 4.78 is 28.2. The van der Waals surface area contributed by atoms with Crippen molar-refractivity contribution in [3.63, 3.8) is 0 Å². The Labute approximate surface area is 161 Å². The smallest absolute Gasteiger partial charge is 0.276 e. The summed E-state index contributed by atoms with van der Waals surface area (Å²) in [7, 11) is -3.60. The number of likely N-dealkylation sites (tertiary alicyclic amines) is 1. The summed E-state index contributed by atoms with van der Waals surface area (Å²) in [5, 5.41) is 10.4. The van der Waals surface area contributed by atoms with E-state index in [4.69, 9.17) is 11.6 Å². The maximum Gasteiger partial charge on any atom is 0.276 e. The number of nitrogens with one attached hydrogen (secondary N) is 1.